The summed E-state index contributed by atoms with van der Waals surface area (Å²) in [6.07, 6.45) is 0. The van der Waals surface area contributed by atoms with Gasteiger partial charge in [-0.2, -0.15) is 0 Å². The van der Waals surface area contributed by atoms with E-state index in [2.05, 4.69) is 15.0 Å². The van der Waals surface area contributed by atoms with E-state index in [1.54, 1.807) is 0 Å². The summed E-state index contributed by atoms with van der Waals surface area (Å²) in [6, 6.07) is 0. The number of hydrogen-bond acceptors (Lipinski definition) is 8. The highest BCUT2D eigenvalue weighted by Gasteiger charge is 2.19. The van der Waals surface area contributed by atoms with Gasteiger partial charge < -0.3 is 19.9 Å². The van der Waals surface area contributed by atoms with E-state index in [9.17, 15) is 9.59 Å². The van der Waals surface area contributed by atoms with Gasteiger partial charge in [0.05, 0.1) is 13.7 Å². The van der Waals surface area contributed by atoms with Gasteiger partial charge in [0.2, 0.25) is 5.69 Å². The van der Waals surface area contributed by atoms with E-state index in [0.717, 1.165) is 4.68 Å². The molecule has 0 spiro atoms. The molecule has 0 saturated heterocycles. The number of ether oxygens (including phenoxy) is 3. The summed E-state index contributed by atoms with van der Waals surface area (Å²) in [7, 11) is 2.69. The van der Waals surface area contributed by atoms with Crippen LogP contribution < -0.4 is 5.73 Å². The number of esters is 2. The lowest BCUT2D eigenvalue weighted by molar-refractivity contribution is -0.145. The minimum absolute atomic E-state index is 0.0504. The zero-order valence-electron chi connectivity index (χ0n) is 10.1. The number of rotatable bonds is 6. The molecule has 0 aliphatic carbocycles. The quantitative estimate of drug-likeness (QED) is 0.501. The number of carbonyl (C=O) groups excluding carboxylic acids is 2. The van der Waals surface area contributed by atoms with Gasteiger partial charge in [-0.25, -0.2) is 9.48 Å². The molecule has 1 heterocycles. The first-order valence-electron chi connectivity index (χ1n) is 5.02. The van der Waals surface area contributed by atoms with E-state index in [1.165, 1.54) is 14.2 Å². The summed E-state index contributed by atoms with van der Waals surface area (Å²) in [4.78, 5) is 22.5. The lowest BCUT2D eigenvalue weighted by atomic mass is 10.4. The number of anilines is 1. The number of nitrogens with two attached hydrogens (primary N) is 1. The second kappa shape index (κ2) is 6.55. The summed E-state index contributed by atoms with van der Waals surface area (Å²) in [5.41, 5.74) is 5.45. The minimum atomic E-state index is -0.716. The Labute approximate surface area is 103 Å². The van der Waals surface area contributed by atoms with Crippen molar-refractivity contribution in [2.24, 2.45) is 0 Å². The second-order valence-electron chi connectivity index (χ2n) is 3.19. The average molecular weight is 258 g/mol. The number of carbonyl (C=O) groups is 2. The lowest BCUT2D eigenvalue weighted by Gasteiger charge is -2.04. The van der Waals surface area contributed by atoms with E-state index in [4.69, 9.17) is 15.2 Å². The van der Waals surface area contributed by atoms with E-state index >= 15 is 0 Å². The summed E-state index contributed by atoms with van der Waals surface area (Å²) in [5.74, 6) is -1.32. The normalized spacial score (nSPS) is 10.1. The Morgan fingerprint density at radius 2 is 2.06 bits per heavy atom. The van der Waals surface area contributed by atoms with Gasteiger partial charge in [0, 0.05) is 7.11 Å². The number of methoxy groups -OCH3 is 2. The van der Waals surface area contributed by atoms with Gasteiger partial charge in [-0.3, -0.25) is 4.79 Å². The van der Waals surface area contributed by atoms with Crippen LogP contribution in [-0.4, -0.2) is 54.4 Å². The molecule has 9 nitrogen and oxygen atoms in total. The first-order chi connectivity index (χ1) is 8.60. The summed E-state index contributed by atoms with van der Waals surface area (Å²) in [6.45, 7) is 0.194. The fraction of sp³-hybridized carbons (Fsp3) is 0.556. The monoisotopic (exact) mass is 258 g/mol. The molecule has 0 atom stereocenters. The van der Waals surface area contributed by atoms with Crippen LogP contribution in [0.5, 0.6) is 0 Å². The van der Waals surface area contributed by atoms with Gasteiger partial charge in [-0.1, -0.05) is 5.21 Å². The molecule has 0 aromatic carbocycles. The molecule has 0 bridgehead atoms. The van der Waals surface area contributed by atoms with Crippen molar-refractivity contribution in [3.8, 4) is 0 Å². The Morgan fingerprint density at radius 3 is 2.67 bits per heavy atom. The van der Waals surface area contributed by atoms with Crippen molar-refractivity contribution in [1.82, 2.24) is 15.0 Å². The van der Waals surface area contributed by atoms with Crippen LogP contribution in [-0.2, 0) is 25.5 Å². The first-order valence-corrected chi connectivity index (χ1v) is 5.02. The van der Waals surface area contributed by atoms with Crippen LogP contribution in [0.3, 0.4) is 0 Å². The van der Waals surface area contributed by atoms with E-state index < -0.39 is 11.9 Å². The molecule has 18 heavy (non-hydrogen) atoms. The Bertz CT molecular complexity index is 431. The Hall–Kier alpha value is -2.16. The number of nitrogens with zero attached hydrogens (tertiary/aromatic N) is 3. The molecule has 0 radical (unpaired) electrons. The molecular formula is C9H14N4O5. The average Bonchev–Trinajstić information content (AvgIpc) is 2.70. The van der Waals surface area contributed by atoms with Crippen molar-refractivity contribution >= 4 is 17.8 Å². The zero-order valence-corrected chi connectivity index (χ0v) is 10.1. The predicted octanol–water partition coefficient (Wildman–Crippen LogP) is -1.16. The molecule has 0 fully saturated rings. The number of nitrogen functional groups attached to an aromatic ring is 1. The summed E-state index contributed by atoms with van der Waals surface area (Å²) >= 11 is 0. The summed E-state index contributed by atoms with van der Waals surface area (Å²) < 4.78 is 15.0. The summed E-state index contributed by atoms with van der Waals surface area (Å²) in [5, 5.41) is 7.08. The van der Waals surface area contributed by atoms with Gasteiger partial charge in [0.25, 0.3) is 0 Å². The van der Waals surface area contributed by atoms with Crippen molar-refractivity contribution in [1.29, 1.82) is 0 Å². The fourth-order valence-electron chi connectivity index (χ4n) is 1.09. The van der Waals surface area contributed by atoms with E-state index in [-0.39, 0.29) is 24.7 Å². The van der Waals surface area contributed by atoms with Crippen molar-refractivity contribution in [2.45, 2.75) is 6.54 Å². The number of aromatic nitrogens is 3. The van der Waals surface area contributed by atoms with E-state index in [0.29, 0.717) is 6.61 Å². The molecule has 0 unspecified atom stereocenters. The molecule has 1 aromatic rings. The minimum Gasteiger partial charge on any atom is -0.464 e. The largest absolute Gasteiger partial charge is 0.464 e. The smallest absolute Gasteiger partial charge is 0.362 e. The Morgan fingerprint density at radius 1 is 1.33 bits per heavy atom. The van der Waals surface area contributed by atoms with Crippen LogP contribution in [0.25, 0.3) is 0 Å². The maximum absolute atomic E-state index is 11.4. The van der Waals surface area contributed by atoms with Crippen LogP contribution in [0, 0.1) is 0 Å². The first kappa shape index (κ1) is 13.9. The molecular weight excluding hydrogens is 244 g/mol. The van der Waals surface area contributed by atoms with Crippen molar-refractivity contribution < 1.29 is 23.8 Å². The molecule has 0 saturated carbocycles. The highest BCUT2D eigenvalue weighted by molar-refractivity contribution is 5.91. The van der Waals surface area contributed by atoms with Gasteiger partial charge in [0.1, 0.15) is 13.2 Å². The van der Waals surface area contributed by atoms with Crippen LogP contribution in [0.15, 0.2) is 0 Å². The third-order valence-corrected chi connectivity index (χ3v) is 1.98. The molecule has 0 amide bonds. The SMILES string of the molecule is COCCOC(=O)Cn1nnc(C(=O)OC)c1N. The maximum Gasteiger partial charge on any atom is 0.362 e. The van der Waals surface area contributed by atoms with Crippen LogP contribution in [0.2, 0.25) is 0 Å². The second-order valence-corrected chi connectivity index (χ2v) is 3.19. The van der Waals surface area contributed by atoms with Gasteiger partial charge >= 0.3 is 11.9 Å². The van der Waals surface area contributed by atoms with Gasteiger partial charge in [-0.05, 0) is 0 Å². The molecule has 9 heteroatoms. The highest BCUT2D eigenvalue weighted by atomic mass is 16.6. The van der Waals surface area contributed by atoms with Gasteiger partial charge in [0.15, 0.2) is 5.82 Å². The lowest BCUT2D eigenvalue weighted by Crippen LogP contribution is -2.18. The Kier molecular flexibility index (Phi) is 5.06. The molecule has 1 rings (SSSR count). The standard InChI is InChI=1S/C9H14N4O5/c1-16-3-4-18-6(14)5-13-8(10)7(11-12-13)9(15)17-2/h3-5,10H2,1-2H3. The third-order valence-electron chi connectivity index (χ3n) is 1.98. The van der Waals surface area contributed by atoms with Crippen LogP contribution >= 0.6 is 0 Å². The van der Waals surface area contributed by atoms with Gasteiger partial charge in [-0.15, -0.1) is 5.10 Å². The third kappa shape index (κ3) is 3.42. The van der Waals surface area contributed by atoms with Crippen molar-refractivity contribution in [2.75, 3.05) is 33.2 Å². The van der Waals surface area contributed by atoms with E-state index in [1.807, 2.05) is 0 Å². The molecule has 0 aliphatic rings. The predicted molar refractivity (Wildman–Crippen MR) is 58.6 cm³/mol. The Balaban J connectivity index is 2.60. The van der Waals surface area contributed by atoms with Crippen LogP contribution in [0.4, 0.5) is 5.82 Å². The highest BCUT2D eigenvalue weighted by Crippen LogP contribution is 2.08. The zero-order chi connectivity index (χ0) is 13.5. The van der Waals surface area contributed by atoms with Crippen molar-refractivity contribution in [3.05, 3.63) is 5.69 Å². The van der Waals surface area contributed by atoms with Crippen molar-refractivity contribution in [3.63, 3.8) is 0 Å². The topological polar surface area (TPSA) is 119 Å². The van der Waals surface area contributed by atoms with Crippen LogP contribution in [0.1, 0.15) is 10.5 Å². The molecule has 0 aliphatic heterocycles. The number of hydrogen-bond donors (Lipinski definition) is 1. The molecule has 2 N–H and O–H groups in total. The fourth-order valence-corrected chi connectivity index (χ4v) is 1.09. The maximum atomic E-state index is 11.4. The molecule has 1 aromatic heterocycles. The molecule has 100 valence electrons.